The molecule has 0 fully saturated rings. The van der Waals surface area contributed by atoms with Gasteiger partial charge in [-0.3, -0.25) is 14.9 Å². The smallest absolute Gasteiger partial charge is 0.288 e. The average molecular weight is 323 g/mol. The molecule has 0 aliphatic heterocycles. The number of rotatable bonds is 4. The summed E-state index contributed by atoms with van der Waals surface area (Å²) in [5.74, 6) is -0.423. The lowest BCUT2D eigenvalue weighted by molar-refractivity contribution is -0.384. The van der Waals surface area contributed by atoms with Gasteiger partial charge in [0.1, 0.15) is 5.02 Å². The standard InChI is InChI=1S/C14H11ClN2O3S/c1-21-11-4-2-3-10(8-11)16-14(18)9-5-6-12(15)13(7-9)17(19)20/h2-8H,1H3,(H,16,18). The van der Waals surface area contributed by atoms with Crippen LogP contribution in [0.4, 0.5) is 11.4 Å². The second kappa shape index (κ2) is 6.60. The summed E-state index contributed by atoms with van der Waals surface area (Å²) in [6.45, 7) is 0. The number of nitro groups is 1. The minimum atomic E-state index is -0.618. The summed E-state index contributed by atoms with van der Waals surface area (Å²) in [6, 6.07) is 11.3. The van der Waals surface area contributed by atoms with Gasteiger partial charge in [-0.1, -0.05) is 17.7 Å². The highest BCUT2D eigenvalue weighted by Crippen LogP contribution is 2.26. The van der Waals surface area contributed by atoms with Crippen LogP contribution in [-0.2, 0) is 0 Å². The summed E-state index contributed by atoms with van der Waals surface area (Å²) in [5.41, 5.74) is 0.521. The van der Waals surface area contributed by atoms with Crippen molar-refractivity contribution in [2.75, 3.05) is 11.6 Å². The van der Waals surface area contributed by atoms with Crippen molar-refractivity contribution < 1.29 is 9.72 Å². The number of nitro benzene ring substituents is 1. The highest BCUT2D eigenvalue weighted by atomic mass is 35.5. The molecule has 1 N–H and O–H groups in total. The van der Waals surface area contributed by atoms with Crippen LogP contribution in [0.5, 0.6) is 0 Å². The molecule has 0 unspecified atom stereocenters. The maximum atomic E-state index is 12.1. The molecule has 2 aromatic rings. The molecule has 0 saturated carbocycles. The van der Waals surface area contributed by atoms with Crippen molar-refractivity contribution in [3.63, 3.8) is 0 Å². The van der Waals surface area contributed by atoms with Crippen LogP contribution in [0.25, 0.3) is 0 Å². The Bertz CT molecular complexity index is 706. The topological polar surface area (TPSA) is 72.2 Å². The number of benzene rings is 2. The van der Waals surface area contributed by atoms with Crippen LogP contribution < -0.4 is 5.32 Å². The molecule has 2 aromatic carbocycles. The lowest BCUT2D eigenvalue weighted by Gasteiger charge is -2.07. The summed E-state index contributed by atoms with van der Waals surface area (Å²) in [4.78, 5) is 23.3. The zero-order valence-corrected chi connectivity index (χ0v) is 12.6. The molecule has 108 valence electrons. The van der Waals surface area contributed by atoms with Gasteiger partial charge in [-0.25, -0.2) is 0 Å². The van der Waals surface area contributed by atoms with Gasteiger partial charge in [-0.15, -0.1) is 11.8 Å². The molecule has 0 spiro atoms. The third-order valence-corrected chi connectivity index (χ3v) is 3.78. The first-order valence-corrected chi connectivity index (χ1v) is 7.51. The lowest BCUT2D eigenvalue weighted by atomic mass is 10.2. The molecule has 2 rings (SSSR count). The fraction of sp³-hybridized carbons (Fsp3) is 0.0714. The van der Waals surface area contributed by atoms with Gasteiger partial charge in [0.25, 0.3) is 11.6 Å². The van der Waals surface area contributed by atoms with E-state index in [1.165, 1.54) is 12.1 Å². The Kier molecular flexibility index (Phi) is 4.82. The van der Waals surface area contributed by atoms with Gasteiger partial charge in [0.05, 0.1) is 4.92 Å². The normalized spacial score (nSPS) is 10.2. The first-order valence-electron chi connectivity index (χ1n) is 5.90. The van der Waals surface area contributed by atoms with E-state index in [0.717, 1.165) is 11.0 Å². The number of nitrogens with zero attached hydrogens (tertiary/aromatic N) is 1. The van der Waals surface area contributed by atoms with E-state index < -0.39 is 10.8 Å². The third kappa shape index (κ3) is 3.74. The maximum absolute atomic E-state index is 12.1. The first-order chi connectivity index (χ1) is 10.0. The van der Waals surface area contributed by atoms with E-state index in [-0.39, 0.29) is 16.3 Å². The first kappa shape index (κ1) is 15.3. The number of amides is 1. The molecule has 0 bridgehead atoms. The molecule has 0 heterocycles. The van der Waals surface area contributed by atoms with Gasteiger partial charge in [0.15, 0.2) is 0 Å². The molecule has 21 heavy (non-hydrogen) atoms. The van der Waals surface area contributed by atoms with Crippen molar-refractivity contribution in [3.8, 4) is 0 Å². The highest BCUT2D eigenvalue weighted by molar-refractivity contribution is 7.98. The van der Waals surface area contributed by atoms with E-state index >= 15 is 0 Å². The van der Waals surface area contributed by atoms with Gasteiger partial charge >= 0.3 is 0 Å². The van der Waals surface area contributed by atoms with Gasteiger partial charge in [0, 0.05) is 22.2 Å². The number of thioether (sulfide) groups is 1. The number of hydrogen-bond donors (Lipinski definition) is 1. The SMILES string of the molecule is CSc1cccc(NC(=O)c2ccc(Cl)c([N+](=O)[O-])c2)c1. The Morgan fingerprint density at radius 3 is 2.71 bits per heavy atom. The van der Waals surface area contributed by atoms with E-state index in [4.69, 9.17) is 11.6 Å². The van der Waals surface area contributed by atoms with Gasteiger partial charge < -0.3 is 5.32 Å². The molecule has 0 atom stereocenters. The average Bonchev–Trinajstić information content (AvgIpc) is 2.47. The second-order valence-electron chi connectivity index (χ2n) is 4.11. The Hall–Kier alpha value is -2.05. The predicted molar refractivity (Wildman–Crippen MR) is 84.3 cm³/mol. The molecule has 1 amide bonds. The second-order valence-corrected chi connectivity index (χ2v) is 5.40. The monoisotopic (exact) mass is 322 g/mol. The van der Waals surface area contributed by atoms with E-state index in [2.05, 4.69) is 5.32 Å². The fourth-order valence-electron chi connectivity index (χ4n) is 1.70. The Labute approximate surface area is 130 Å². The maximum Gasteiger partial charge on any atom is 0.288 e. The van der Waals surface area contributed by atoms with E-state index in [0.29, 0.717) is 5.69 Å². The zero-order valence-electron chi connectivity index (χ0n) is 11.0. The minimum Gasteiger partial charge on any atom is -0.322 e. The van der Waals surface area contributed by atoms with E-state index in [9.17, 15) is 14.9 Å². The number of carbonyl (C=O) groups excluding carboxylic acids is 1. The zero-order chi connectivity index (χ0) is 15.4. The van der Waals surface area contributed by atoms with Crippen molar-refractivity contribution in [2.24, 2.45) is 0 Å². The fourth-order valence-corrected chi connectivity index (χ4v) is 2.34. The van der Waals surface area contributed by atoms with E-state index in [1.807, 2.05) is 24.5 Å². The van der Waals surface area contributed by atoms with Gasteiger partial charge in [-0.05, 0) is 36.6 Å². The largest absolute Gasteiger partial charge is 0.322 e. The van der Waals surface area contributed by atoms with Crippen LogP contribution >= 0.6 is 23.4 Å². The van der Waals surface area contributed by atoms with Crippen molar-refractivity contribution in [1.82, 2.24) is 0 Å². The summed E-state index contributed by atoms with van der Waals surface area (Å²) in [5, 5.41) is 13.5. The molecular formula is C14H11ClN2O3S. The number of nitrogens with one attached hydrogen (secondary N) is 1. The van der Waals surface area contributed by atoms with E-state index in [1.54, 1.807) is 17.8 Å². The number of carbonyl (C=O) groups is 1. The molecule has 7 heteroatoms. The molecule has 0 saturated heterocycles. The Morgan fingerprint density at radius 1 is 1.29 bits per heavy atom. The summed E-state index contributed by atoms with van der Waals surface area (Å²) in [7, 11) is 0. The molecular weight excluding hydrogens is 312 g/mol. The molecule has 5 nitrogen and oxygen atoms in total. The van der Waals surface area contributed by atoms with Gasteiger partial charge in [0.2, 0.25) is 0 Å². The van der Waals surface area contributed by atoms with Crippen LogP contribution in [0.1, 0.15) is 10.4 Å². The molecule has 0 aromatic heterocycles. The molecule has 0 radical (unpaired) electrons. The van der Waals surface area contributed by atoms with Crippen molar-refractivity contribution >= 4 is 40.6 Å². The Morgan fingerprint density at radius 2 is 2.05 bits per heavy atom. The van der Waals surface area contributed by atoms with Crippen molar-refractivity contribution in [2.45, 2.75) is 4.90 Å². The number of halogens is 1. The third-order valence-electron chi connectivity index (χ3n) is 2.73. The highest BCUT2D eigenvalue weighted by Gasteiger charge is 2.16. The van der Waals surface area contributed by atoms with Crippen LogP contribution in [0.3, 0.4) is 0 Å². The summed E-state index contributed by atoms with van der Waals surface area (Å²) in [6.07, 6.45) is 1.93. The van der Waals surface area contributed by atoms with Gasteiger partial charge in [-0.2, -0.15) is 0 Å². The summed E-state index contributed by atoms with van der Waals surface area (Å²) < 4.78 is 0. The van der Waals surface area contributed by atoms with Crippen molar-refractivity contribution in [1.29, 1.82) is 0 Å². The quantitative estimate of drug-likeness (QED) is 0.519. The predicted octanol–water partition coefficient (Wildman–Crippen LogP) is 4.22. The van der Waals surface area contributed by atoms with Crippen LogP contribution in [0, 0.1) is 10.1 Å². The number of anilines is 1. The summed E-state index contributed by atoms with van der Waals surface area (Å²) >= 11 is 7.28. The minimum absolute atomic E-state index is 0.000861. The molecule has 0 aliphatic carbocycles. The molecule has 0 aliphatic rings. The number of hydrogen-bond acceptors (Lipinski definition) is 4. The Balaban J connectivity index is 2.24. The van der Waals surface area contributed by atoms with Crippen LogP contribution in [-0.4, -0.2) is 17.1 Å². The van der Waals surface area contributed by atoms with Crippen molar-refractivity contribution in [3.05, 3.63) is 63.2 Å². The van der Waals surface area contributed by atoms with Crippen LogP contribution in [0.15, 0.2) is 47.4 Å². The lowest BCUT2D eigenvalue weighted by Crippen LogP contribution is -2.12. The van der Waals surface area contributed by atoms with Crippen LogP contribution in [0.2, 0.25) is 5.02 Å².